The third kappa shape index (κ3) is 3.68. The van der Waals surface area contributed by atoms with E-state index in [9.17, 15) is 4.79 Å². The van der Waals surface area contributed by atoms with Gasteiger partial charge in [0.15, 0.2) is 0 Å². The Kier molecular flexibility index (Phi) is 4.93. The van der Waals surface area contributed by atoms with Gasteiger partial charge in [0.1, 0.15) is 0 Å². The molecule has 1 aromatic heterocycles. The van der Waals surface area contributed by atoms with Crippen LogP contribution >= 0.6 is 11.3 Å². The zero-order valence-electron chi connectivity index (χ0n) is 11.8. The van der Waals surface area contributed by atoms with E-state index >= 15 is 0 Å². The Hall–Kier alpha value is -1.65. The van der Waals surface area contributed by atoms with Crippen LogP contribution in [-0.2, 0) is 6.42 Å². The first kappa shape index (κ1) is 14.8. The van der Waals surface area contributed by atoms with Crippen molar-refractivity contribution in [3.05, 3.63) is 51.2 Å². The summed E-state index contributed by atoms with van der Waals surface area (Å²) in [4.78, 5) is 14.4. The molecule has 4 heteroatoms. The van der Waals surface area contributed by atoms with Crippen molar-refractivity contribution in [2.24, 2.45) is 0 Å². The van der Waals surface area contributed by atoms with Gasteiger partial charge >= 0.3 is 0 Å². The molecule has 0 radical (unpaired) electrons. The molecule has 3 nitrogen and oxygen atoms in total. The van der Waals surface area contributed by atoms with Gasteiger partial charge in [-0.05, 0) is 50.5 Å². The zero-order chi connectivity index (χ0) is 14.5. The highest BCUT2D eigenvalue weighted by molar-refractivity contribution is 7.12. The van der Waals surface area contributed by atoms with Crippen LogP contribution in [0, 0.1) is 13.8 Å². The van der Waals surface area contributed by atoms with Crippen molar-refractivity contribution in [1.82, 2.24) is 0 Å². The molecule has 0 unspecified atom stereocenters. The van der Waals surface area contributed by atoms with E-state index in [1.54, 1.807) is 11.3 Å². The number of hydrogen-bond donors (Lipinski definition) is 2. The van der Waals surface area contributed by atoms with Gasteiger partial charge in [0.25, 0.3) is 5.91 Å². The maximum Gasteiger partial charge on any atom is 0.256 e. The van der Waals surface area contributed by atoms with E-state index in [-0.39, 0.29) is 12.5 Å². The van der Waals surface area contributed by atoms with Gasteiger partial charge in [0.05, 0.1) is 5.56 Å². The summed E-state index contributed by atoms with van der Waals surface area (Å²) in [7, 11) is 0. The Morgan fingerprint density at radius 2 is 2.10 bits per heavy atom. The Morgan fingerprint density at radius 3 is 2.75 bits per heavy atom. The van der Waals surface area contributed by atoms with Gasteiger partial charge < -0.3 is 10.4 Å². The molecule has 0 bridgehead atoms. The Bertz CT molecular complexity index is 604. The summed E-state index contributed by atoms with van der Waals surface area (Å²) in [6.45, 7) is 4.15. The highest BCUT2D eigenvalue weighted by atomic mass is 32.1. The molecule has 0 fully saturated rings. The topological polar surface area (TPSA) is 49.3 Å². The minimum atomic E-state index is -0.0637. The fourth-order valence-corrected chi connectivity index (χ4v) is 3.06. The van der Waals surface area contributed by atoms with Crippen LogP contribution in [0.1, 0.15) is 32.1 Å². The van der Waals surface area contributed by atoms with Crippen LogP contribution in [0.3, 0.4) is 0 Å². The number of benzene rings is 1. The lowest BCUT2D eigenvalue weighted by atomic mass is 10.1. The van der Waals surface area contributed by atoms with Gasteiger partial charge in [0, 0.05) is 22.0 Å². The molecule has 1 aromatic carbocycles. The summed E-state index contributed by atoms with van der Waals surface area (Å²) in [6, 6.07) is 9.70. The van der Waals surface area contributed by atoms with Crippen molar-refractivity contribution in [2.75, 3.05) is 11.9 Å². The lowest BCUT2D eigenvalue weighted by molar-refractivity contribution is 0.102. The van der Waals surface area contributed by atoms with Gasteiger partial charge in [-0.3, -0.25) is 4.79 Å². The predicted molar refractivity (Wildman–Crippen MR) is 83.6 cm³/mol. The number of carbonyl (C=O) groups excluding carboxylic acids is 1. The first-order chi connectivity index (χ1) is 9.60. The minimum absolute atomic E-state index is 0.0637. The Balaban J connectivity index is 2.09. The monoisotopic (exact) mass is 289 g/mol. The van der Waals surface area contributed by atoms with Crippen molar-refractivity contribution >= 4 is 22.9 Å². The molecule has 0 saturated heterocycles. The van der Waals surface area contributed by atoms with Crippen LogP contribution in [0.2, 0.25) is 0 Å². The molecule has 0 aliphatic heterocycles. The van der Waals surface area contributed by atoms with E-state index in [2.05, 4.69) is 5.32 Å². The smallest absolute Gasteiger partial charge is 0.256 e. The van der Waals surface area contributed by atoms with Crippen molar-refractivity contribution in [3.8, 4) is 0 Å². The second kappa shape index (κ2) is 6.68. The summed E-state index contributed by atoms with van der Waals surface area (Å²) >= 11 is 1.63. The number of rotatable bonds is 5. The first-order valence-electron chi connectivity index (χ1n) is 6.68. The SMILES string of the molecule is Cc1cc(C(=O)Nc2cccc(CCCO)c2)c(C)s1. The van der Waals surface area contributed by atoms with Crippen molar-refractivity contribution in [3.63, 3.8) is 0 Å². The van der Waals surface area contributed by atoms with Gasteiger partial charge in [0.2, 0.25) is 0 Å². The van der Waals surface area contributed by atoms with Crippen LogP contribution in [0.25, 0.3) is 0 Å². The van der Waals surface area contributed by atoms with Crippen LogP contribution in [0.15, 0.2) is 30.3 Å². The number of carbonyl (C=O) groups is 1. The average Bonchev–Trinajstić information content (AvgIpc) is 2.76. The van der Waals surface area contributed by atoms with Crippen LogP contribution in [-0.4, -0.2) is 17.6 Å². The summed E-state index contributed by atoms with van der Waals surface area (Å²) < 4.78 is 0. The lowest BCUT2D eigenvalue weighted by Gasteiger charge is -2.07. The summed E-state index contributed by atoms with van der Waals surface area (Å²) in [5.74, 6) is -0.0637. The van der Waals surface area contributed by atoms with Crippen LogP contribution in [0.5, 0.6) is 0 Å². The van der Waals surface area contributed by atoms with Gasteiger partial charge in [-0.1, -0.05) is 12.1 Å². The van der Waals surface area contributed by atoms with E-state index in [4.69, 9.17) is 5.11 Å². The maximum atomic E-state index is 12.2. The number of aliphatic hydroxyl groups is 1. The Morgan fingerprint density at radius 1 is 1.30 bits per heavy atom. The lowest BCUT2D eigenvalue weighted by Crippen LogP contribution is -2.12. The largest absolute Gasteiger partial charge is 0.396 e. The molecular weight excluding hydrogens is 270 g/mol. The molecular formula is C16H19NO2S. The highest BCUT2D eigenvalue weighted by Gasteiger charge is 2.12. The minimum Gasteiger partial charge on any atom is -0.396 e. The van der Waals surface area contributed by atoms with Crippen molar-refractivity contribution < 1.29 is 9.90 Å². The van der Waals surface area contributed by atoms with Gasteiger partial charge in [-0.15, -0.1) is 11.3 Å². The maximum absolute atomic E-state index is 12.2. The van der Waals surface area contributed by atoms with Crippen molar-refractivity contribution in [2.45, 2.75) is 26.7 Å². The number of hydrogen-bond acceptors (Lipinski definition) is 3. The second-order valence-electron chi connectivity index (χ2n) is 4.81. The van der Waals surface area contributed by atoms with Gasteiger partial charge in [-0.25, -0.2) is 0 Å². The van der Waals surface area contributed by atoms with E-state index in [1.165, 1.54) is 0 Å². The van der Waals surface area contributed by atoms with Crippen LogP contribution in [0.4, 0.5) is 5.69 Å². The first-order valence-corrected chi connectivity index (χ1v) is 7.50. The molecule has 0 aliphatic rings. The Labute approximate surface area is 123 Å². The van der Waals surface area contributed by atoms with E-state index in [0.29, 0.717) is 0 Å². The number of nitrogens with one attached hydrogen (secondary N) is 1. The molecule has 2 aromatic rings. The van der Waals surface area contributed by atoms with Crippen LogP contribution < -0.4 is 5.32 Å². The molecule has 0 atom stereocenters. The third-order valence-corrected chi connectivity index (χ3v) is 4.06. The standard InChI is InChI=1S/C16H19NO2S/c1-11-9-15(12(2)20-11)16(19)17-14-7-3-5-13(10-14)6-4-8-18/h3,5,7,9-10,18H,4,6,8H2,1-2H3,(H,17,19). The molecule has 0 saturated carbocycles. The molecule has 106 valence electrons. The molecule has 0 spiro atoms. The van der Waals surface area contributed by atoms with Crippen molar-refractivity contribution in [1.29, 1.82) is 0 Å². The molecule has 20 heavy (non-hydrogen) atoms. The second-order valence-corrected chi connectivity index (χ2v) is 6.27. The number of aryl methyl sites for hydroxylation is 3. The third-order valence-electron chi connectivity index (χ3n) is 3.09. The zero-order valence-corrected chi connectivity index (χ0v) is 12.6. The number of anilines is 1. The summed E-state index contributed by atoms with van der Waals surface area (Å²) in [6.07, 6.45) is 1.55. The van der Waals surface area contributed by atoms with Gasteiger partial charge in [-0.2, -0.15) is 0 Å². The molecule has 1 amide bonds. The summed E-state index contributed by atoms with van der Waals surface area (Å²) in [5.41, 5.74) is 2.66. The molecule has 0 aliphatic carbocycles. The quantitative estimate of drug-likeness (QED) is 0.884. The number of amides is 1. The predicted octanol–water partition coefficient (Wildman–Crippen LogP) is 3.54. The number of aliphatic hydroxyl groups excluding tert-OH is 1. The molecule has 2 rings (SSSR count). The van der Waals surface area contributed by atoms with E-state index in [1.807, 2.05) is 44.2 Å². The normalized spacial score (nSPS) is 10.6. The van der Waals surface area contributed by atoms with E-state index < -0.39 is 0 Å². The fraction of sp³-hybridized carbons (Fsp3) is 0.312. The molecule has 1 heterocycles. The fourth-order valence-electron chi connectivity index (χ4n) is 2.14. The highest BCUT2D eigenvalue weighted by Crippen LogP contribution is 2.22. The summed E-state index contributed by atoms with van der Waals surface area (Å²) in [5, 5.41) is 11.8. The molecule has 2 N–H and O–H groups in total. The average molecular weight is 289 g/mol. The van der Waals surface area contributed by atoms with E-state index in [0.717, 1.165) is 39.4 Å². The number of thiophene rings is 1.